The lowest BCUT2D eigenvalue weighted by Gasteiger charge is -2.24. The summed E-state index contributed by atoms with van der Waals surface area (Å²) >= 11 is 0. The highest BCUT2D eigenvalue weighted by Gasteiger charge is 2.13. The molecule has 0 aliphatic heterocycles. The molecule has 0 aromatic heterocycles. The molecule has 0 unspecified atom stereocenters. The first-order valence-electron chi connectivity index (χ1n) is 5.27. The van der Waals surface area contributed by atoms with Crippen molar-refractivity contribution < 1.29 is 0 Å². The fraction of sp³-hybridized carbons (Fsp3) is 0.818. The van der Waals surface area contributed by atoms with Crippen LogP contribution in [0.2, 0.25) is 0 Å². The Morgan fingerprint density at radius 1 is 1.54 bits per heavy atom. The zero-order valence-corrected chi connectivity index (χ0v) is 8.90. The quantitative estimate of drug-likeness (QED) is 0.636. The first kappa shape index (κ1) is 10.7. The Morgan fingerprint density at radius 3 is 2.85 bits per heavy atom. The highest BCUT2D eigenvalue weighted by Crippen LogP contribution is 2.19. The maximum absolute atomic E-state index is 5.62. The molecule has 2 heteroatoms. The van der Waals surface area contributed by atoms with Crippen molar-refractivity contribution in [3.63, 3.8) is 0 Å². The third kappa shape index (κ3) is 3.92. The van der Waals surface area contributed by atoms with Crippen LogP contribution in [0.1, 0.15) is 39.5 Å². The molecule has 0 saturated heterocycles. The van der Waals surface area contributed by atoms with Crippen molar-refractivity contribution in [2.24, 2.45) is 5.73 Å². The molecule has 1 aliphatic carbocycles. The van der Waals surface area contributed by atoms with Gasteiger partial charge in [-0.1, -0.05) is 11.6 Å². The smallest absolute Gasteiger partial charge is 0.0247 e. The molecule has 76 valence electrons. The molecular formula is C11H22N2. The highest BCUT2D eigenvalue weighted by molar-refractivity contribution is 5.07. The van der Waals surface area contributed by atoms with Gasteiger partial charge in [-0.05, 0) is 46.1 Å². The van der Waals surface area contributed by atoms with Gasteiger partial charge < -0.3 is 11.1 Å². The normalized spacial score (nSPS) is 17.6. The van der Waals surface area contributed by atoms with E-state index in [4.69, 9.17) is 5.73 Å². The lowest BCUT2D eigenvalue weighted by molar-refractivity contribution is 0.401. The topological polar surface area (TPSA) is 38.0 Å². The summed E-state index contributed by atoms with van der Waals surface area (Å²) in [4.78, 5) is 0. The Morgan fingerprint density at radius 2 is 2.31 bits per heavy atom. The summed E-state index contributed by atoms with van der Waals surface area (Å²) in [5.41, 5.74) is 7.35. The number of rotatable bonds is 5. The van der Waals surface area contributed by atoms with E-state index in [0.717, 1.165) is 6.54 Å². The molecule has 13 heavy (non-hydrogen) atoms. The average Bonchev–Trinajstić information content (AvgIpc) is 2.57. The molecule has 2 nitrogen and oxygen atoms in total. The van der Waals surface area contributed by atoms with Crippen LogP contribution in [0.4, 0.5) is 0 Å². The first-order chi connectivity index (χ1) is 6.14. The minimum Gasteiger partial charge on any atom is -0.329 e. The van der Waals surface area contributed by atoms with E-state index in [1.807, 2.05) is 0 Å². The predicted molar refractivity (Wildman–Crippen MR) is 57.7 cm³/mol. The molecule has 0 atom stereocenters. The van der Waals surface area contributed by atoms with E-state index in [0.29, 0.717) is 6.54 Å². The van der Waals surface area contributed by atoms with Crippen molar-refractivity contribution in [1.29, 1.82) is 0 Å². The van der Waals surface area contributed by atoms with Crippen LogP contribution >= 0.6 is 0 Å². The molecule has 0 spiro atoms. The summed E-state index contributed by atoms with van der Waals surface area (Å²) in [6.45, 7) is 6.06. The molecule has 1 rings (SSSR count). The first-order valence-corrected chi connectivity index (χ1v) is 5.27. The number of allylic oxidation sites excluding steroid dienone is 1. The van der Waals surface area contributed by atoms with Gasteiger partial charge in [-0.15, -0.1) is 0 Å². The van der Waals surface area contributed by atoms with Gasteiger partial charge in [0, 0.05) is 12.1 Å². The van der Waals surface area contributed by atoms with Crippen LogP contribution in [0.25, 0.3) is 0 Å². The van der Waals surface area contributed by atoms with E-state index in [1.54, 1.807) is 5.57 Å². The molecule has 0 heterocycles. The lowest BCUT2D eigenvalue weighted by Crippen LogP contribution is -2.46. The van der Waals surface area contributed by atoms with Crippen molar-refractivity contribution in [3.8, 4) is 0 Å². The van der Waals surface area contributed by atoms with Crippen LogP contribution in [0.5, 0.6) is 0 Å². The monoisotopic (exact) mass is 182 g/mol. The third-order valence-corrected chi connectivity index (χ3v) is 2.70. The Balaban J connectivity index is 2.13. The average molecular weight is 182 g/mol. The van der Waals surface area contributed by atoms with E-state index < -0.39 is 0 Å². The molecule has 0 aromatic rings. The zero-order chi connectivity index (χ0) is 9.73. The number of nitrogens with two attached hydrogens (primary N) is 1. The minimum atomic E-state index is 0.0964. The van der Waals surface area contributed by atoms with Crippen molar-refractivity contribution in [2.45, 2.75) is 45.1 Å². The predicted octanol–water partition coefficient (Wildman–Crippen LogP) is 1.81. The standard InChI is InChI=1S/C11H22N2/c1-11(2,9-12)13-8-7-10-5-3-4-6-10/h5,13H,3-4,6-9,12H2,1-2H3. The van der Waals surface area contributed by atoms with Gasteiger partial charge in [0.15, 0.2) is 0 Å². The minimum absolute atomic E-state index is 0.0964. The molecule has 0 fully saturated rings. The van der Waals surface area contributed by atoms with Gasteiger partial charge in [-0.3, -0.25) is 0 Å². The maximum Gasteiger partial charge on any atom is 0.0247 e. The van der Waals surface area contributed by atoms with Crippen LogP contribution in [0, 0.1) is 0 Å². The summed E-state index contributed by atoms with van der Waals surface area (Å²) in [6.07, 6.45) is 7.54. The SMILES string of the molecule is CC(C)(CN)NCCC1=CCCC1. The van der Waals surface area contributed by atoms with E-state index in [-0.39, 0.29) is 5.54 Å². The zero-order valence-electron chi connectivity index (χ0n) is 8.90. The van der Waals surface area contributed by atoms with E-state index in [1.165, 1.54) is 25.7 Å². The van der Waals surface area contributed by atoms with Gasteiger partial charge in [0.25, 0.3) is 0 Å². The van der Waals surface area contributed by atoms with Crippen LogP contribution in [-0.2, 0) is 0 Å². The van der Waals surface area contributed by atoms with Crippen LogP contribution < -0.4 is 11.1 Å². The van der Waals surface area contributed by atoms with Crippen molar-refractivity contribution in [1.82, 2.24) is 5.32 Å². The third-order valence-electron chi connectivity index (χ3n) is 2.70. The Kier molecular flexibility index (Phi) is 3.94. The van der Waals surface area contributed by atoms with Gasteiger partial charge in [-0.25, -0.2) is 0 Å². The number of hydrogen-bond acceptors (Lipinski definition) is 2. The lowest BCUT2D eigenvalue weighted by atomic mass is 10.1. The molecule has 0 amide bonds. The summed E-state index contributed by atoms with van der Waals surface area (Å²) < 4.78 is 0. The van der Waals surface area contributed by atoms with Gasteiger partial charge >= 0.3 is 0 Å². The Bertz CT molecular complexity index is 183. The van der Waals surface area contributed by atoms with Gasteiger partial charge in [-0.2, -0.15) is 0 Å². The molecule has 0 aromatic carbocycles. The molecule has 0 saturated carbocycles. The summed E-state index contributed by atoms with van der Waals surface area (Å²) in [6, 6.07) is 0. The van der Waals surface area contributed by atoms with Gasteiger partial charge in [0.05, 0.1) is 0 Å². The number of hydrogen-bond donors (Lipinski definition) is 2. The van der Waals surface area contributed by atoms with Crippen molar-refractivity contribution >= 4 is 0 Å². The second kappa shape index (κ2) is 4.77. The molecule has 1 aliphatic rings. The maximum atomic E-state index is 5.62. The van der Waals surface area contributed by atoms with Crippen LogP contribution in [0.15, 0.2) is 11.6 Å². The summed E-state index contributed by atoms with van der Waals surface area (Å²) in [7, 11) is 0. The fourth-order valence-corrected chi connectivity index (χ4v) is 1.60. The summed E-state index contributed by atoms with van der Waals surface area (Å²) in [5, 5.41) is 3.47. The highest BCUT2D eigenvalue weighted by atomic mass is 15.0. The van der Waals surface area contributed by atoms with Crippen LogP contribution in [0.3, 0.4) is 0 Å². The second-order valence-corrected chi connectivity index (χ2v) is 4.52. The van der Waals surface area contributed by atoms with E-state index >= 15 is 0 Å². The summed E-state index contributed by atoms with van der Waals surface area (Å²) in [5.74, 6) is 0. The number of nitrogens with one attached hydrogen (secondary N) is 1. The largest absolute Gasteiger partial charge is 0.329 e. The van der Waals surface area contributed by atoms with E-state index in [2.05, 4.69) is 25.2 Å². The van der Waals surface area contributed by atoms with Gasteiger partial charge in [0.2, 0.25) is 0 Å². The fourth-order valence-electron chi connectivity index (χ4n) is 1.60. The second-order valence-electron chi connectivity index (χ2n) is 4.52. The molecular weight excluding hydrogens is 160 g/mol. The van der Waals surface area contributed by atoms with Crippen LogP contribution in [-0.4, -0.2) is 18.6 Å². The molecule has 3 N–H and O–H groups in total. The van der Waals surface area contributed by atoms with E-state index in [9.17, 15) is 0 Å². The van der Waals surface area contributed by atoms with Gasteiger partial charge in [0.1, 0.15) is 0 Å². The van der Waals surface area contributed by atoms with Crippen molar-refractivity contribution in [3.05, 3.63) is 11.6 Å². The molecule has 0 bridgehead atoms. The Labute approximate surface area is 81.6 Å². The van der Waals surface area contributed by atoms with Crippen molar-refractivity contribution in [2.75, 3.05) is 13.1 Å². The molecule has 0 radical (unpaired) electrons. The Hall–Kier alpha value is -0.340.